The standard InChI is InChI=1S/C17H26N2OS/c1-4-12-21-16-11-6-5-10-15(16)19-17(20)13(2)8-7-9-14(3)18/h4-6,10-11,13-14H,1,7-9,12,18H2,2-3H3,(H,19,20). The molecule has 2 unspecified atom stereocenters. The number of amides is 1. The highest BCUT2D eigenvalue weighted by Crippen LogP contribution is 2.27. The van der Waals surface area contributed by atoms with Crippen molar-refractivity contribution in [3.63, 3.8) is 0 Å². The summed E-state index contributed by atoms with van der Waals surface area (Å²) in [7, 11) is 0. The largest absolute Gasteiger partial charge is 0.328 e. The summed E-state index contributed by atoms with van der Waals surface area (Å²) < 4.78 is 0. The van der Waals surface area contributed by atoms with Gasteiger partial charge in [0.15, 0.2) is 0 Å². The normalized spacial score (nSPS) is 13.5. The Morgan fingerprint density at radius 2 is 2.10 bits per heavy atom. The van der Waals surface area contributed by atoms with E-state index in [-0.39, 0.29) is 17.9 Å². The number of rotatable bonds is 9. The number of anilines is 1. The van der Waals surface area contributed by atoms with Crippen LogP contribution in [-0.2, 0) is 4.79 Å². The Hall–Kier alpha value is -1.26. The highest BCUT2D eigenvalue weighted by Gasteiger charge is 2.14. The highest BCUT2D eigenvalue weighted by molar-refractivity contribution is 7.99. The molecule has 0 aliphatic rings. The summed E-state index contributed by atoms with van der Waals surface area (Å²) in [5.74, 6) is 0.907. The van der Waals surface area contributed by atoms with Gasteiger partial charge in [0.2, 0.25) is 5.91 Å². The van der Waals surface area contributed by atoms with Crippen LogP contribution in [0.2, 0.25) is 0 Å². The van der Waals surface area contributed by atoms with Gasteiger partial charge in [0.25, 0.3) is 0 Å². The molecular formula is C17H26N2OS. The smallest absolute Gasteiger partial charge is 0.227 e. The maximum absolute atomic E-state index is 12.2. The first-order chi connectivity index (χ1) is 10.0. The van der Waals surface area contributed by atoms with E-state index in [1.54, 1.807) is 11.8 Å². The fourth-order valence-electron chi connectivity index (χ4n) is 1.98. The molecule has 3 N–H and O–H groups in total. The molecule has 1 rings (SSSR count). The minimum absolute atomic E-state index is 0.00112. The average Bonchev–Trinajstić information content (AvgIpc) is 2.45. The van der Waals surface area contributed by atoms with E-state index in [4.69, 9.17) is 5.73 Å². The van der Waals surface area contributed by atoms with Crippen molar-refractivity contribution in [2.75, 3.05) is 11.1 Å². The molecule has 2 atom stereocenters. The maximum Gasteiger partial charge on any atom is 0.227 e. The van der Waals surface area contributed by atoms with Crippen LogP contribution >= 0.6 is 11.8 Å². The van der Waals surface area contributed by atoms with Crippen LogP contribution < -0.4 is 11.1 Å². The average molecular weight is 306 g/mol. The topological polar surface area (TPSA) is 55.1 Å². The molecule has 0 saturated heterocycles. The van der Waals surface area contributed by atoms with Crippen molar-refractivity contribution in [1.29, 1.82) is 0 Å². The lowest BCUT2D eigenvalue weighted by atomic mass is 10.0. The summed E-state index contributed by atoms with van der Waals surface area (Å²) in [5.41, 5.74) is 6.62. The van der Waals surface area contributed by atoms with Crippen molar-refractivity contribution in [1.82, 2.24) is 0 Å². The van der Waals surface area contributed by atoms with E-state index in [9.17, 15) is 4.79 Å². The van der Waals surface area contributed by atoms with Gasteiger partial charge in [-0.1, -0.05) is 31.6 Å². The lowest BCUT2D eigenvalue weighted by Gasteiger charge is -2.15. The maximum atomic E-state index is 12.2. The van der Waals surface area contributed by atoms with E-state index in [0.29, 0.717) is 0 Å². The molecular weight excluding hydrogens is 280 g/mol. The van der Waals surface area contributed by atoms with Gasteiger partial charge in [-0.25, -0.2) is 0 Å². The molecule has 0 saturated carbocycles. The number of hydrogen-bond donors (Lipinski definition) is 2. The van der Waals surface area contributed by atoms with Crippen molar-refractivity contribution in [3.8, 4) is 0 Å². The molecule has 4 heteroatoms. The molecule has 3 nitrogen and oxygen atoms in total. The predicted molar refractivity (Wildman–Crippen MR) is 92.7 cm³/mol. The molecule has 0 bridgehead atoms. The third-order valence-corrected chi connectivity index (χ3v) is 4.32. The highest BCUT2D eigenvalue weighted by atomic mass is 32.2. The van der Waals surface area contributed by atoms with E-state index >= 15 is 0 Å². The van der Waals surface area contributed by atoms with Gasteiger partial charge < -0.3 is 11.1 Å². The SMILES string of the molecule is C=CCSc1ccccc1NC(=O)C(C)CCCC(C)N. The fourth-order valence-corrected chi connectivity index (χ4v) is 2.72. The molecule has 0 aliphatic carbocycles. The van der Waals surface area contributed by atoms with Gasteiger partial charge in [0, 0.05) is 22.6 Å². The molecule has 0 heterocycles. The molecule has 0 radical (unpaired) electrons. The van der Waals surface area contributed by atoms with E-state index in [2.05, 4.69) is 11.9 Å². The predicted octanol–water partition coefficient (Wildman–Crippen LogP) is 4.06. The number of thioether (sulfide) groups is 1. The van der Waals surface area contributed by atoms with E-state index in [1.807, 2.05) is 44.2 Å². The molecule has 0 aromatic heterocycles. The monoisotopic (exact) mass is 306 g/mol. The molecule has 116 valence electrons. The van der Waals surface area contributed by atoms with Gasteiger partial charge in [-0.2, -0.15) is 0 Å². The summed E-state index contributed by atoms with van der Waals surface area (Å²) in [4.78, 5) is 13.3. The van der Waals surface area contributed by atoms with Crippen LogP contribution in [0.1, 0.15) is 33.1 Å². The quantitative estimate of drug-likeness (QED) is 0.534. The minimum atomic E-state index is 0.00112. The van der Waals surface area contributed by atoms with Gasteiger partial charge >= 0.3 is 0 Å². The van der Waals surface area contributed by atoms with Crippen LogP contribution in [-0.4, -0.2) is 17.7 Å². The van der Waals surface area contributed by atoms with Crippen LogP contribution in [0.4, 0.5) is 5.69 Å². The zero-order valence-electron chi connectivity index (χ0n) is 13.0. The van der Waals surface area contributed by atoms with Crippen LogP contribution in [0, 0.1) is 5.92 Å². The van der Waals surface area contributed by atoms with Crippen molar-refractivity contribution in [2.45, 2.75) is 44.0 Å². The van der Waals surface area contributed by atoms with Crippen molar-refractivity contribution in [3.05, 3.63) is 36.9 Å². The van der Waals surface area contributed by atoms with Crippen molar-refractivity contribution in [2.24, 2.45) is 11.7 Å². The molecule has 21 heavy (non-hydrogen) atoms. The summed E-state index contributed by atoms with van der Waals surface area (Å²) >= 11 is 1.67. The second-order valence-corrected chi connectivity index (χ2v) is 6.46. The number of carbonyl (C=O) groups excluding carboxylic acids is 1. The molecule has 1 aromatic carbocycles. The Kier molecular flexibility index (Phi) is 8.16. The van der Waals surface area contributed by atoms with Crippen molar-refractivity contribution < 1.29 is 4.79 Å². The number of carbonyl (C=O) groups is 1. The first-order valence-electron chi connectivity index (χ1n) is 7.43. The van der Waals surface area contributed by atoms with E-state index in [1.165, 1.54) is 0 Å². The van der Waals surface area contributed by atoms with Gasteiger partial charge in [-0.05, 0) is 31.9 Å². The van der Waals surface area contributed by atoms with Crippen LogP contribution in [0.25, 0.3) is 0 Å². The summed E-state index contributed by atoms with van der Waals surface area (Å²) in [6.45, 7) is 7.69. The van der Waals surface area contributed by atoms with Gasteiger partial charge in [0.05, 0.1) is 5.69 Å². The van der Waals surface area contributed by atoms with E-state index in [0.717, 1.165) is 35.6 Å². The Labute approximate surface area is 132 Å². The van der Waals surface area contributed by atoms with Crippen molar-refractivity contribution >= 4 is 23.4 Å². The zero-order chi connectivity index (χ0) is 15.7. The third kappa shape index (κ3) is 6.82. The Morgan fingerprint density at radius 1 is 1.38 bits per heavy atom. The van der Waals surface area contributed by atoms with Crippen LogP contribution in [0.15, 0.2) is 41.8 Å². The number of para-hydroxylation sites is 1. The van der Waals surface area contributed by atoms with Gasteiger partial charge in [0.1, 0.15) is 0 Å². The van der Waals surface area contributed by atoms with Crippen LogP contribution in [0.3, 0.4) is 0 Å². The lowest BCUT2D eigenvalue weighted by molar-refractivity contribution is -0.119. The summed E-state index contributed by atoms with van der Waals surface area (Å²) in [6.07, 6.45) is 4.68. The number of nitrogens with two attached hydrogens (primary N) is 1. The van der Waals surface area contributed by atoms with Gasteiger partial charge in [-0.15, -0.1) is 18.3 Å². The number of nitrogens with one attached hydrogen (secondary N) is 1. The Balaban J connectivity index is 2.55. The summed E-state index contributed by atoms with van der Waals surface area (Å²) in [6, 6.07) is 8.08. The van der Waals surface area contributed by atoms with Crippen LogP contribution in [0.5, 0.6) is 0 Å². The molecule has 1 amide bonds. The Morgan fingerprint density at radius 3 is 2.76 bits per heavy atom. The Bertz CT molecular complexity index is 460. The second-order valence-electron chi connectivity index (χ2n) is 5.39. The molecule has 0 spiro atoms. The molecule has 0 aliphatic heterocycles. The zero-order valence-corrected chi connectivity index (χ0v) is 13.8. The van der Waals surface area contributed by atoms with E-state index < -0.39 is 0 Å². The fraction of sp³-hybridized carbons (Fsp3) is 0.471. The first kappa shape index (κ1) is 17.8. The number of benzene rings is 1. The lowest BCUT2D eigenvalue weighted by Crippen LogP contribution is -2.21. The minimum Gasteiger partial charge on any atom is -0.328 e. The molecule has 0 fully saturated rings. The number of hydrogen-bond acceptors (Lipinski definition) is 3. The first-order valence-corrected chi connectivity index (χ1v) is 8.42. The molecule has 1 aromatic rings. The summed E-state index contributed by atoms with van der Waals surface area (Å²) in [5, 5.41) is 3.03. The van der Waals surface area contributed by atoms with Gasteiger partial charge in [-0.3, -0.25) is 4.79 Å². The second kappa shape index (κ2) is 9.64. The third-order valence-electron chi connectivity index (χ3n) is 3.25.